The predicted molar refractivity (Wildman–Crippen MR) is 77.6 cm³/mol. The average Bonchev–Trinajstić information content (AvgIpc) is 3.17. The van der Waals surface area contributed by atoms with Gasteiger partial charge in [-0.1, -0.05) is 6.07 Å². The lowest BCUT2D eigenvalue weighted by Crippen LogP contribution is -2.47. The summed E-state index contributed by atoms with van der Waals surface area (Å²) in [5.74, 6) is -0.0801. The highest BCUT2D eigenvalue weighted by Gasteiger charge is 2.37. The summed E-state index contributed by atoms with van der Waals surface area (Å²) >= 11 is 1.74. The zero-order chi connectivity index (χ0) is 14.1. The predicted octanol–water partition coefficient (Wildman–Crippen LogP) is 1.83. The number of thiophene rings is 1. The lowest BCUT2D eigenvalue weighted by molar-refractivity contribution is -0.133. The van der Waals surface area contributed by atoms with Crippen molar-refractivity contribution < 1.29 is 9.59 Å². The fourth-order valence-electron chi connectivity index (χ4n) is 3.09. The molecule has 20 heavy (non-hydrogen) atoms. The number of urea groups is 1. The maximum absolute atomic E-state index is 12.5. The van der Waals surface area contributed by atoms with Crippen LogP contribution in [0.15, 0.2) is 17.5 Å². The molecule has 1 N–H and O–H groups in total. The largest absolute Gasteiger partial charge is 0.336 e. The van der Waals surface area contributed by atoms with Crippen LogP contribution in [0.1, 0.15) is 30.7 Å². The van der Waals surface area contributed by atoms with Crippen molar-refractivity contribution in [3.05, 3.63) is 22.4 Å². The monoisotopic (exact) mass is 293 g/mol. The Bertz CT molecular complexity index is 503. The Kier molecular flexibility index (Phi) is 3.76. The lowest BCUT2D eigenvalue weighted by Gasteiger charge is -2.31. The van der Waals surface area contributed by atoms with E-state index in [0.29, 0.717) is 19.1 Å². The number of hydrogen-bond acceptors (Lipinski definition) is 4. The number of likely N-dealkylation sites (tertiary alicyclic amines) is 1. The van der Waals surface area contributed by atoms with Crippen molar-refractivity contribution in [3.8, 4) is 0 Å². The zero-order valence-corrected chi connectivity index (χ0v) is 12.4. The van der Waals surface area contributed by atoms with Crippen molar-refractivity contribution in [1.82, 2.24) is 15.1 Å². The van der Waals surface area contributed by atoms with E-state index < -0.39 is 0 Å². The SMILES string of the molecule is C[C@@H](C(=O)N1CCNC1=O)N1CCC[C@@H]1c1cccs1. The number of imide groups is 1. The molecule has 2 atom stereocenters. The number of carbonyl (C=O) groups excluding carboxylic acids is 2. The van der Waals surface area contributed by atoms with E-state index in [-0.39, 0.29) is 18.0 Å². The van der Waals surface area contributed by atoms with E-state index in [0.717, 1.165) is 19.4 Å². The van der Waals surface area contributed by atoms with Crippen molar-refractivity contribution in [1.29, 1.82) is 0 Å². The molecule has 0 spiro atoms. The average molecular weight is 293 g/mol. The molecule has 2 aliphatic heterocycles. The van der Waals surface area contributed by atoms with Gasteiger partial charge in [-0.15, -0.1) is 11.3 Å². The van der Waals surface area contributed by atoms with E-state index in [1.807, 2.05) is 6.92 Å². The smallest absolute Gasteiger partial charge is 0.324 e. The van der Waals surface area contributed by atoms with Crippen LogP contribution < -0.4 is 5.32 Å². The number of hydrogen-bond donors (Lipinski definition) is 1. The molecule has 5 nitrogen and oxygen atoms in total. The summed E-state index contributed by atoms with van der Waals surface area (Å²) in [7, 11) is 0. The molecular weight excluding hydrogens is 274 g/mol. The molecular formula is C14H19N3O2S. The van der Waals surface area contributed by atoms with Crippen LogP contribution in [-0.4, -0.2) is 47.4 Å². The number of rotatable bonds is 3. The molecule has 0 aromatic carbocycles. The third-order valence-electron chi connectivity index (χ3n) is 4.14. The summed E-state index contributed by atoms with van der Waals surface area (Å²) in [5, 5.41) is 4.76. The summed E-state index contributed by atoms with van der Waals surface area (Å²) in [6.07, 6.45) is 2.19. The van der Waals surface area contributed by atoms with Gasteiger partial charge in [-0.2, -0.15) is 0 Å². The highest BCUT2D eigenvalue weighted by atomic mass is 32.1. The van der Waals surface area contributed by atoms with Crippen molar-refractivity contribution in [2.75, 3.05) is 19.6 Å². The van der Waals surface area contributed by atoms with Gasteiger partial charge in [0, 0.05) is 24.0 Å². The Balaban J connectivity index is 1.74. The highest BCUT2D eigenvalue weighted by molar-refractivity contribution is 7.10. The van der Waals surface area contributed by atoms with Crippen LogP contribution in [0.4, 0.5) is 4.79 Å². The van der Waals surface area contributed by atoms with E-state index in [2.05, 4.69) is 27.7 Å². The summed E-state index contributed by atoms with van der Waals surface area (Å²) in [6.45, 7) is 3.88. The maximum Gasteiger partial charge on any atom is 0.324 e. The van der Waals surface area contributed by atoms with Crippen LogP contribution in [0, 0.1) is 0 Å². The Hall–Kier alpha value is -1.40. The highest BCUT2D eigenvalue weighted by Crippen LogP contribution is 2.36. The molecule has 2 saturated heterocycles. The third-order valence-corrected chi connectivity index (χ3v) is 5.12. The second-order valence-electron chi connectivity index (χ2n) is 5.31. The van der Waals surface area contributed by atoms with Crippen LogP contribution in [0.5, 0.6) is 0 Å². The third kappa shape index (κ3) is 2.33. The minimum atomic E-state index is -0.256. The van der Waals surface area contributed by atoms with E-state index in [1.54, 1.807) is 11.3 Å². The van der Waals surface area contributed by atoms with Crippen molar-refractivity contribution in [3.63, 3.8) is 0 Å². The first-order valence-electron chi connectivity index (χ1n) is 7.07. The molecule has 1 aromatic rings. The van der Waals surface area contributed by atoms with E-state index >= 15 is 0 Å². The van der Waals surface area contributed by atoms with Crippen LogP contribution in [0.2, 0.25) is 0 Å². The quantitative estimate of drug-likeness (QED) is 0.925. The summed E-state index contributed by atoms with van der Waals surface area (Å²) < 4.78 is 0. The second kappa shape index (κ2) is 5.54. The summed E-state index contributed by atoms with van der Waals surface area (Å²) in [5.41, 5.74) is 0. The van der Waals surface area contributed by atoms with E-state index in [1.165, 1.54) is 9.78 Å². The van der Waals surface area contributed by atoms with Gasteiger partial charge in [0.1, 0.15) is 0 Å². The van der Waals surface area contributed by atoms with Crippen LogP contribution in [0.3, 0.4) is 0 Å². The topological polar surface area (TPSA) is 52.7 Å². The van der Waals surface area contributed by atoms with Crippen LogP contribution in [0.25, 0.3) is 0 Å². The summed E-state index contributed by atoms with van der Waals surface area (Å²) in [4.78, 5) is 29.0. The Labute approximate surface area is 122 Å². The molecule has 0 radical (unpaired) electrons. The second-order valence-corrected chi connectivity index (χ2v) is 6.29. The molecule has 0 unspecified atom stereocenters. The van der Waals surface area contributed by atoms with Gasteiger partial charge < -0.3 is 5.32 Å². The molecule has 0 bridgehead atoms. The van der Waals surface area contributed by atoms with Gasteiger partial charge in [0.05, 0.1) is 6.04 Å². The number of nitrogens with zero attached hydrogens (tertiary/aromatic N) is 2. The van der Waals surface area contributed by atoms with Gasteiger partial charge in [-0.05, 0) is 37.8 Å². The maximum atomic E-state index is 12.5. The van der Waals surface area contributed by atoms with Gasteiger partial charge in [-0.25, -0.2) is 4.79 Å². The molecule has 3 rings (SSSR count). The number of nitrogens with one attached hydrogen (secondary N) is 1. The molecule has 3 amide bonds. The van der Waals surface area contributed by atoms with Gasteiger partial charge in [0.2, 0.25) is 5.91 Å². The van der Waals surface area contributed by atoms with Gasteiger partial charge in [-0.3, -0.25) is 14.6 Å². The number of amides is 3. The van der Waals surface area contributed by atoms with Crippen molar-refractivity contribution in [2.24, 2.45) is 0 Å². The van der Waals surface area contributed by atoms with Gasteiger partial charge in [0.25, 0.3) is 0 Å². The molecule has 2 fully saturated rings. The molecule has 1 aromatic heterocycles. The van der Waals surface area contributed by atoms with Gasteiger partial charge >= 0.3 is 6.03 Å². The van der Waals surface area contributed by atoms with E-state index in [4.69, 9.17) is 0 Å². The van der Waals surface area contributed by atoms with Gasteiger partial charge in [0.15, 0.2) is 0 Å². The minimum absolute atomic E-state index is 0.0801. The van der Waals surface area contributed by atoms with E-state index in [9.17, 15) is 9.59 Å². The first-order valence-corrected chi connectivity index (χ1v) is 7.95. The first-order chi connectivity index (χ1) is 9.68. The molecule has 3 heterocycles. The lowest BCUT2D eigenvalue weighted by atomic mass is 10.1. The van der Waals surface area contributed by atoms with Crippen LogP contribution in [-0.2, 0) is 4.79 Å². The summed E-state index contributed by atoms with van der Waals surface area (Å²) in [6, 6.07) is 4.01. The zero-order valence-electron chi connectivity index (χ0n) is 11.5. The molecule has 2 aliphatic rings. The molecule has 6 heteroatoms. The Morgan fingerprint density at radius 2 is 2.35 bits per heavy atom. The van der Waals surface area contributed by atoms with Crippen molar-refractivity contribution >= 4 is 23.3 Å². The molecule has 0 aliphatic carbocycles. The van der Waals surface area contributed by atoms with Crippen molar-refractivity contribution in [2.45, 2.75) is 31.8 Å². The fourth-order valence-corrected chi connectivity index (χ4v) is 3.97. The molecule has 0 saturated carbocycles. The Morgan fingerprint density at radius 3 is 3.00 bits per heavy atom. The normalized spacial score (nSPS) is 24.9. The molecule has 108 valence electrons. The number of carbonyl (C=O) groups is 2. The first kappa shape index (κ1) is 13.6. The standard InChI is InChI=1S/C14H19N3O2S/c1-10(13(18)17-8-6-15-14(17)19)16-7-2-4-11(16)12-5-3-9-20-12/h3,5,9-11H,2,4,6-8H2,1H3,(H,15,19)/t10-,11+/m0/s1. The van der Waals surface area contributed by atoms with Crippen LogP contribution >= 0.6 is 11.3 Å². The Morgan fingerprint density at radius 1 is 1.50 bits per heavy atom. The fraction of sp³-hybridized carbons (Fsp3) is 0.571. The minimum Gasteiger partial charge on any atom is -0.336 e.